The lowest BCUT2D eigenvalue weighted by molar-refractivity contribution is -0.138. The number of pyridine rings is 1. The van der Waals surface area contributed by atoms with Gasteiger partial charge in [0, 0.05) is 56.8 Å². The van der Waals surface area contributed by atoms with E-state index in [2.05, 4.69) is 33.7 Å². The number of amides is 2. The lowest BCUT2D eigenvalue weighted by atomic mass is 9.80. The number of aryl methyl sites for hydroxylation is 1. The Hall–Kier alpha value is -3.04. The summed E-state index contributed by atoms with van der Waals surface area (Å²) in [5, 5.41) is 8.02. The van der Waals surface area contributed by atoms with Crippen LogP contribution in [0.4, 0.5) is 5.82 Å². The number of halogens is 3. The monoisotopic (exact) mass is 697 g/mol. The van der Waals surface area contributed by atoms with E-state index in [1.54, 1.807) is 0 Å². The summed E-state index contributed by atoms with van der Waals surface area (Å²) < 4.78 is 6.23. The largest absolute Gasteiger partial charge is 0.485 e. The summed E-state index contributed by atoms with van der Waals surface area (Å²) in [4.78, 5) is 34.7. The van der Waals surface area contributed by atoms with Crippen LogP contribution in [-0.4, -0.2) is 66.6 Å². The van der Waals surface area contributed by atoms with Crippen molar-refractivity contribution in [3.8, 4) is 5.75 Å². The van der Waals surface area contributed by atoms with Gasteiger partial charge in [-0.1, -0.05) is 53.0 Å². The van der Waals surface area contributed by atoms with Crippen LogP contribution < -0.4 is 20.3 Å². The predicted octanol–water partition coefficient (Wildman–Crippen LogP) is 6.57. The van der Waals surface area contributed by atoms with Crippen molar-refractivity contribution in [2.75, 3.05) is 37.6 Å². The van der Waals surface area contributed by atoms with E-state index in [4.69, 9.17) is 44.5 Å². The molecule has 47 heavy (non-hydrogen) atoms. The zero-order valence-corrected chi connectivity index (χ0v) is 29.2. The first kappa shape index (κ1) is 33.8. The Balaban J connectivity index is 1.12. The standard InChI is InChI=1S/C36H42Cl3N5O3/c1-22-15-32(38)35(33(39)16-22)47-28-11-14-43(21-28)34-8-4-25(18-42-34)29-10-12-40-19-30(29)36(46)44(27-5-6-27)20-26-17-24(3-7-31(26)37)9-13-41-23(2)45/h3-4,7-8,15-18,27-30,40H,5-6,9-14,19-21H2,1-2H3,(H,41,45)/t28-,29+,30-/m0/s1. The molecule has 1 aliphatic carbocycles. The molecular weight excluding hydrogens is 657 g/mol. The second kappa shape index (κ2) is 15.0. The van der Waals surface area contributed by atoms with Crippen LogP contribution in [0.5, 0.6) is 5.75 Å². The number of aromatic nitrogens is 1. The minimum absolute atomic E-state index is 0.0413. The molecular formula is C36H42Cl3N5O3. The predicted molar refractivity (Wildman–Crippen MR) is 188 cm³/mol. The molecule has 0 radical (unpaired) electrons. The van der Waals surface area contributed by atoms with Crippen LogP contribution >= 0.6 is 34.8 Å². The number of benzene rings is 2. The molecule has 2 N–H and O–H groups in total. The molecule has 2 aromatic carbocycles. The molecule has 1 saturated carbocycles. The van der Waals surface area contributed by atoms with Gasteiger partial charge >= 0.3 is 0 Å². The Kier molecular flexibility index (Phi) is 10.8. The van der Waals surface area contributed by atoms with Crippen LogP contribution in [-0.2, 0) is 22.6 Å². The summed E-state index contributed by atoms with van der Waals surface area (Å²) >= 11 is 19.5. The maximum absolute atomic E-state index is 14.3. The highest BCUT2D eigenvalue weighted by molar-refractivity contribution is 6.37. The zero-order chi connectivity index (χ0) is 33.1. The minimum atomic E-state index is -0.188. The summed E-state index contributed by atoms with van der Waals surface area (Å²) in [6.07, 6.45) is 6.34. The molecule has 3 fully saturated rings. The molecule has 3 atom stereocenters. The molecule has 0 spiro atoms. The molecule has 0 bridgehead atoms. The van der Waals surface area contributed by atoms with Crippen molar-refractivity contribution in [3.63, 3.8) is 0 Å². The smallest absolute Gasteiger partial charge is 0.228 e. The fourth-order valence-electron chi connectivity index (χ4n) is 6.78. The summed E-state index contributed by atoms with van der Waals surface area (Å²) in [5.74, 6) is 1.44. The van der Waals surface area contributed by atoms with E-state index in [0.29, 0.717) is 53.4 Å². The normalized spacial score (nSPS) is 21.0. The summed E-state index contributed by atoms with van der Waals surface area (Å²) in [7, 11) is 0. The number of ether oxygens (including phenoxy) is 1. The zero-order valence-electron chi connectivity index (χ0n) is 26.9. The number of piperidine rings is 1. The minimum Gasteiger partial charge on any atom is -0.485 e. The summed E-state index contributed by atoms with van der Waals surface area (Å²) in [6, 6.07) is 14.1. The van der Waals surface area contributed by atoms with Gasteiger partial charge < -0.3 is 25.2 Å². The van der Waals surface area contributed by atoms with Gasteiger partial charge in [0.25, 0.3) is 0 Å². The molecule has 2 aliphatic heterocycles. The third-order valence-corrected chi connectivity index (χ3v) is 10.3. The fourth-order valence-corrected chi connectivity index (χ4v) is 7.64. The number of hydrogen-bond donors (Lipinski definition) is 2. The van der Waals surface area contributed by atoms with E-state index in [0.717, 1.165) is 66.8 Å². The van der Waals surface area contributed by atoms with Gasteiger partial charge in [-0.05, 0) is 91.6 Å². The first-order valence-electron chi connectivity index (χ1n) is 16.5. The molecule has 3 heterocycles. The number of nitrogens with one attached hydrogen (secondary N) is 2. The average molecular weight is 699 g/mol. The first-order valence-corrected chi connectivity index (χ1v) is 17.7. The van der Waals surface area contributed by atoms with E-state index in [9.17, 15) is 9.59 Å². The van der Waals surface area contributed by atoms with Crippen LogP contribution in [0.2, 0.25) is 15.1 Å². The molecule has 11 heteroatoms. The van der Waals surface area contributed by atoms with Crippen molar-refractivity contribution in [3.05, 3.63) is 86.0 Å². The molecule has 3 aliphatic rings. The van der Waals surface area contributed by atoms with Gasteiger partial charge in [-0.2, -0.15) is 0 Å². The Morgan fingerprint density at radius 3 is 2.53 bits per heavy atom. The maximum Gasteiger partial charge on any atom is 0.228 e. The van der Waals surface area contributed by atoms with Gasteiger partial charge in [-0.25, -0.2) is 4.98 Å². The van der Waals surface area contributed by atoms with E-state index in [1.807, 2.05) is 42.3 Å². The second-order valence-corrected chi connectivity index (χ2v) is 14.3. The van der Waals surface area contributed by atoms with E-state index < -0.39 is 0 Å². The number of carbonyl (C=O) groups excluding carboxylic acids is 2. The van der Waals surface area contributed by atoms with E-state index in [1.165, 1.54) is 6.92 Å². The number of hydrogen-bond acceptors (Lipinski definition) is 6. The quantitative estimate of drug-likeness (QED) is 0.236. The van der Waals surface area contributed by atoms with Gasteiger partial charge in [-0.3, -0.25) is 9.59 Å². The van der Waals surface area contributed by atoms with E-state index in [-0.39, 0.29) is 35.8 Å². The molecule has 3 aromatic rings. The first-order chi connectivity index (χ1) is 22.7. The van der Waals surface area contributed by atoms with Gasteiger partial charge in [0.1, 0.15) is 11.9 Å². The Bertz CT molecular complexity index is 1580. The summed E-state index contributed by atoms with van der Waals surface area (Å²) in [6.45, 7) is 7.51. The molecule has 0 unspecified atom stereocenters. The average Bonchev–Trinajstić information content (AvgIpc) is 3.79. The van der Waals surface area contributed by atoms with Crippen molar-refractivity contribution in [1.82, 2.24) is 20.5 Å². The Morgan fingerprint density at radius 2 is 1.83 bits per heavy atom. The SMILES string of the molecule is CC(=O)NCCc1ccc(Cl)c(CN(C(=O)[C@H]2CNCC[C@@H]2c2ccc(N3CC[C@H](Oc4c(Cl)cc(C)cc4Cl)C3)nc2)C2CC2)c1. The van der Waals surface area contributed by atoms with Gasteiger partial charge in [0.2, 0.25) is 11.8 Å². The number of anilines is 1. The second-order valence-electron chi connectivity index (χ2n) is 13.0. The van der Waals surface area contributed by atoms with Crippen LogP contribution in [0.15, 0.2) is 48.7 Å². The topological polar surface area (TPSA) is 86.8 Å². The third-order valence-electron chi connectivity index (χ3n) is 9.40. The third kappa shape index (κ3) is 8.34. The van der Waals surface area contributed by atoms with Crippen LogP contribution in [0.3, 0.4) is 0 Å². The molecule has 250 valence electrons. The van der Waals surface area contributed by atoms with E-state index >= 15 is 0 Å². The fraction of sp³-hybridized carbons (Fsp3) is 0.472. The number of nitrogens with zero attached hydrogens (tertiary/aromatic N) is 3. The molecule has 2 amide bonds. The van der Waals surface area contributed by atoms with Crippen LogP contribution in [0.25, 0.3) is 0 Å². The highest BCUT2D eigenvalue weighted by atomic mass is 35.5. The highest BCUT2D eigenvalue weighted by Crippen LogP contribution is 2.38. The van der Waals surface area contributed by atoms with Gasteiger partial charge in [0.15, 0.2) is 5.75 Å². The maximum atomic E-state index is 14.3. The Morgan fingerprint density at radius 1 is 1.04 bits per heavy atom. The van der Waals surface area contributed by atoms with Gasteiger partial charge in [0.05, 0.1) is 22.5 Å². The Labute approximate surface area is 292 Å². The lowest BCUT2D eigenvalue weighted by Crippen LogP contribution is -2.47. The van der Waals surface area contributed by atoms with Crippen LogP contribution in [0.1, 0.15) is 60.8 Å². The van der Waals surface area contributed by atoms with Crippen molar-refractivity contribution in [1.29, 1.82) is 0 Å². The van der Waals surface area contributed by atoms with Crippen molar-refractivity contribution < 1.29 is 14.3 Å². The van der Waals surface area contributed by atoms with Gasteiger partial charge in [-0.15, -0.1) is 0 Å². The van der Waals surface area contributed by atoms with Crippen molar-refractivity contribution in [2.45, 2.75) is 70.6 Å². The van der Waals surface area contributed by atoms with Crippen molar-refractivity contribution >= 4 is 52.4 Å². The number of rotatable bonds is 11. The molecule has 1 aromatic heterocycles. The molecule has 2 saturated heterocycles. The summed E-state index contributed by atoms with van der Waals surface area (Å²) in [5.41, 5.74) is 4.11. The van der Waals surface area contributed by atoms with Crippen LogP contribution in [0, 0.1) is 12.8 Å². The molecule has 8 nitrogen and oxygen atoms in total. The van der Waals surface area contributed by atoms with Crippen molar-refractivity contribution in [2.24, 2.45) is 5.92 Å². The molecule has 6 rings (SSSR count). The number of carbonyl (C=O) groups is 2. The highest BCUT2D eigenvalue weighted by Gasteiger charge is 2.40. The lowest BCUT2D eigenvalue weighted by Gasteiger charge is -2.36.